The van der Waals surface area contributed by atoms with E-state index < -0.39 is 35.7 Å². The van der Waals surface area contributed by atoms with Crippen LogP contribution >= 0.6 is 0 Å². The molecule has 2 fully saturated rings. The molecule has 0 radical (unpaired) electrons. The number of carbonyl (C=O) groups excluding carboxylic acids is 3. The largest absolute Gasteiger partial charge is 0.489 e. The molecule has 53 heavy (non-hydrogen) atoms. The number of rotatable bonds is 8. The van der Waals surface area contributed by atoms with Crippen LogP contribution in [0.25, 0.3) is 10.9 Å². The molecule has 2 aliphatic rings. The number of alkyl halides is 3. The van der Waals surface area contributed by atoms with Gasteiger partial charge in [-0.05, 0) is 82.6 Å². The average molecular weight is 737 g/mol. The minimum atomic E-state index is -5.21. The number of nitrogens with one attached hydrogen (secondary N) is 1. The second-order valence-corrected chi connectivity index (χ2v) is 14.2. The molecule has 0 spiro atoms. The normalized spacial score (nSPS) is 16.0. The lowest BCUT2D eigenvalue weighted by Gasteiger charge is -2.37. The number of hydrogen-bond donors (Lipinski definition) is 1. The molecule has 2 amide bonds. The standard InChI is InChI=1S/C38H43F3N6O6/c1-37(2,3)53-36(50)47-31-13-11-28(52-24-25-8-6-5-7-9-25)23-30(31)33(43-47)42-34(48)29-12-10-27(45-18-16-44(4)17-19-45)22-32(29)46(35(49)38(39,40)41)26-14-20-51-21-15-26/h5-13,22-23,26H,14-21,24H2,1-4H3,(H,42,43,48). The van der Waals surface area contributed by atoms with Gasteiger partial charge in [0.15, 0.2) is 5.82 Å². The molecule has 0 aliphatic carbocycles. The van der Waals surface area contributed by atoms with Crippen LogP contribution in [0.1, 0.15) is 49.5 Å². The van der Waals surface area contributed by atoms with Crippen molar-refractivity contribution in [2.45, 2.75) is 58.0 Å². The first-order chi connectivity index (χ1) is 25.2. The predicted molar refractivity (Wildman–Crippen MR) is 194 cm³/mol. The van der Waals surface area contributed by atoms with Crippen molar-refractivity contribution in [3.63, 3.8) is 0 Å². The number of carbonyl (C=O) groups is 3. The van der Waals surface area contributed by atoms with E-state index in [1.54, 1.807) is 45.0 Å². The zero-order valence-electron chi connectivity index (χ0n) is 30.1. The summed E-state index contributed by atoms with van der Waals surface area (Å²) < 4.78 is 60.9. The van der Waals surface area contributed by atoms with E-state index >= 15 is 0 Å². The number of likely N-dealkylation sites (N-methyl/N-ethyl adjacent to an activating group) is 1. The van der Waals surface area contributed by atoms with E-state index in [2.05, 4.69) is 15.3 Å². The summed E-state index contributed by atoms with van der Waals surface area (Å²) in [6, 6.07) is 18.0. The van der Waals surface area contributed by atoms with Gasteiger partial charge < -0.3 is 34.2 Å². The second kappa shape index (κ2) is 15.4. The highest BCUT2D eigenvalue weighted by molar-refractivity contribution is 6.14. The van der Waals surface area contributed by atoms with Crippen molar-refractivity contribution < 1.29 is 41.8 Å². The maximum atomic E-state index is 14.3. The van der Waals surface area contributed by atoms with Crippen LogP contribution < -0.4 is 19.9 Å². The van der Waals surface area contributed by atoms with Gasteiger partial charge in [-0.3, -0.25) is 9.59 Å². The molecule has 0 saturated carbocycles. The lowest BCUT2D eigenvalue weighted by Crippen LogP contribution is -2.50. The van der Waals surface area contributed by atoms with E-state index in [1.165, 1.54) is 12.1 Å². The first kappa shape index (κ1) is 37.6. The third kappa shape index (κ3) is 8.91. The third-order valence-corrected chi connectivity index (χ3v) is 9.07. The van der Waals surface area contributed by atoms with Crippen molar-refractivity contribution in [2.24, 2.45) is 0 Å². The van der Waals surface area contributed by atoms with Gasteiger partial charge in [0.05, 0.1) is 16.8 Å². The molecule has 0 bridgehead atoms. The number of anilines is 3. The van der Waals surface area contributed by atoms with Gasteiger partial charge in [-0.25, -0.2) is 4.79 Å². The Kier molecular flexibility index (Phi) is 11.0. The Balaban J connectivity index is 1.42. The van der Waals surface area contributed by atoms with Crippen LogP contribution in [0.15, 0.2) is 66.7 Å². The number of ether oxygens (including phenoxy) is 3. The number of amides is 2. The summed E-state index contributed by atoms with van der Waals surface area (Å²) in [7, 11) is 1.98. The Morgan fingerprint density at radius 1 is 0.943 bits per heavy atom. The zero-order valence-corrected chi connectivity index (χ0v) is 30.1. The van der Waals surface area contributed by atoms with Gasteiger partial charge in [-0.1, -0.05) is 30.3 Å². The smallest absolute Gasteiger partial charge is 0.471 e. The van der Waals surface area contributed by atoms with Gasteiger partial charge in [0.1, 0.15) is 18.0 Å². The molecular formula is C38H43F3N6O6. The number of nitrogens with zero attached hydrogens (tertiary/aromatic N) is 5. The van der Waals surface area contributed by atoms with Crippen LogP contribution in [0.4, 0.5) is 35.2 Å². The number of aromatic nitrogens is 2. The number of benzene rings is 3. The van der Waals surface area contributed by atoms with Crippen molar-refractivity contribution in [1.82, 2.24) is 14.7 Å². The molecule has 4 aromatic rings. The Labute approximate surface area is 305 Å². The minimum Gasteiger partial charge on any atom is -0.489 e. The maximum Gasteiger partial charge on any atom is 0.471 e. The van der Waals surface area contributed by atoms with Crippen molar-refractivity contribution in [2.75, 3.05) is 61.6 Å². The molecule has 6 rings (SSSR count). The minimum absolute atomic E-state index is 0.0603. The fourth-order valence-electron chi connectivity index (χ4n) is 6.36. The Bertz CT molecular complexity index is 1950. The third-order valence-electron chi connectivity index (χ3n) is 9.07. The summed E-state index contributed by atoms with van der Waals surface area (Å²) in [6.45, 7) is 8.34. The van der Waals surface area contributed by atoms with Crippen LogP contribution in [0.2, 0.25) is 0 Å². The fourth-order valence-corrected chi connectivity index (χ4v) is 6.36. The Morgan fingerprint density at radius 3 is 2.30 bits per heavy atom. The molecule has 0 unspecified atom stereocenters. The van der Waals surface area contributed by atoms with Crippen molar-refractivity contribution >= 4 is 46.0 Å². The topological polar surface area (TPSA) is 118 Å². The summed E-state index contributed by atoms with van der Waals surface area (Å²) in [5, 5.41) is 7.44. The number of fused-ring (bicyclic) bond motifs is 1. The van der Waals surface area contributed by atoms with E-state index in [4.69, 9.17) is 14.2 Å². The van der Waals surface area contributed by atoms with Crippen LogP contribution in [0.3, 0.4) is 0 Å². The van der Waals surface area contributed by atoms with Crippen molar-refractivity contribution in [1.29, 1.82) is 0 Å². The molecule has 2 saturated heterocycles. The molecule has 2 aliphatic heterocycles. The second-order valence-electron chi connectivity index (χ2n) is 14.2. The fraction of sp³-hybridized carbons (Fsp3) is 0.421. The highest BCUT2D eigenvalue weighted by Gasteiger charge is 2.46. The number of halogens is 3. The number of piperazine rings is 1. The van der Waals surface area contributed by atoms with E-state index in [1.807, 2.05) is 42.3 Å². The lowest BCUT2D eigenvalue weighted by molar-refractivity contribution is -0.171. The van der Waals surface area contributed by atoms with Gasteiger partial charge in [0.25, 0.3) is 5.91 Å². The van der Waals surface area contributed by atoms with Crippen LogP contribution in [-0.4, -0.2) is 96.8 Å². The van der Waals surface area contributed by atoms with Gasteiger partial charge in [0, 0.05) is 56.5 Å². The predicted octanol–water partition coefficient (Wildman–Crippen LogP) is 6.48. The first-order valence-corrected chi connectivity index (χ1v) is 17.5. The lowest BCUT2D eigenvalue weighted by atomic mass is 10.0. The zero-order chi connectivity index (χ0) is 37.9. The van der Waals surface area contributed by atoms with Gasteiger partial charge in [-0.15, -0.1) is 5.10 Å². The van der Waals surface area contributed by atoms with E-state index in [0.29, 0.717) is 40.3 Å². The summed E-state index contributed by atoms with van der Waals surface area (Å²) >= 11 is 0. The van der Waals surface area contributed by atoms with E-state index in [-0.39, 0.29) is 49.7 Å². The van der Waals surface area contributed by atoms with Crippen LogP contribution in [0.5, 0.6) is 5.75 Å². The van der Waals surface area contributed by atoms with Gasteiger partial charge in [0.2, 0.25) is 0 Å². The highest BCUT2D eigenvalue weighted by Crippen LogP contribution is 2.36. The van der Waals surface area contributed by atoms with Crippen molar-refractivity contribution in [3.05, 3.63) is 77.9 Å². The molecule has 282 valence electrons. The molecule has 1 N–H and O–H groups in total. The van der Waals surface area contributed by atoms with Crippen LogP contribution in [-0.2, 0) is 20.9 Å². The molecular weight excluding hydrogens is 693 g/mol. The summed E-state index contributed by atoms with van der Waals surface area (Å²) in [5.41, 5.74) is 0.566. The molecule has 0 atom stereocenters. The Hall–Kier alpha value is -5.15. The summed E-state index contributed by atoms with van der Waals surface area (Å²) in [4.78, 5) is 45.7. The van der Waals surface area contributed by atoms with Gasteiger partial charge >= 0.3 is 18.2 Å². The van der Waals surface area contributed by atoms with Gasteiger partial charge in [-0.2, -0.15) is 17.9 Å². The number of hydrogen-bond acceptors (Lipinski definition) is 9. The van der Waals surface area contributed by atoms with Crippen LogP contribution in [0, 0.1) is 0 Å². The van der Waals surface area contributed by atoms with E-state index in [9.17, 15) is 27.6 Å². The summed E-state index contributed by atoms with van der Waals surface area (Å²) in [6.07, 6.45) is -5.72. The monoisotopic (exact) mass is 736 g/mol. The van der Waals surface area contributed by atoms with E-state index in [0.717, 1.165) is 23.3 Å². The molecule has 12 nitrogen and oxygen atoms in total. The maximum absolute atomic E-state index is 14.3. The molecule has 3 heterocycles. The van der Waals surface area contributed by atoms with Crippen molar-refractivity contribution in [3.8, 4) is 5.75 Å². The highest BCUT2D eigenvalue weighted by atomic mass is 19.4. The Morgan fingerprint density at radius 2 is 1.64 bits per heavy atom. The quantitative estimate of drug-likeness (QED) is 0.217. The SMILES string of the molecule is CN1CCN(c2ccc(C(=O)Nc3nn(C(=O)OC(C)(C)C)c4ccc(OCc5ccccc5)cc34)c(N(C(=O)C(F)(F)F)C3CCOCC3)c2)CC1. The first-order valence-electron chi connectivity index (χ1n) is 17.5. The molecule has 1 aromatic heterocycles. The summed E-state index contributed by atoms with van der Waals surface area (Å²) in [5.74, 6) is -2.55. The molecule has 3 aromatic carbocycles. The molecule has 15 heteroatoms. The average Bonchev–Trinajstić information content (AvgIpc) is 3.48.